The zero-order chi connectivity index (χ0) is 27.8. The zero-order valence-electron chi connectivity index (χ0n) is 20.5. The highest BCUT2D eigenvalue weighted by Crippen LogP contribution is 2.48. The predicted octanol–water partition coefficient (Wildman–Crippen LogP) is 6.42. The number of halogens is 1. The molecule has 0 saturated heterocycles. The Morgan fingerprint density at radius 2 is 1.31 bits per heavy atom. The molecule has 39 heavy (non-hydrogen) atoms. The van der Waals surface area contributed by atoms with Gasteiger partial charge < -0.3 is 0 Å². The minimum absolute atomic E-state index is 0.00674. The van der Waals surface area contributed by atoms with E-state index >= 15 is 4.39 Å². The van der Waals surface area contributed by atoms with E-state index in [1.807, 2.05) is 12.1 Å². The van der Waals surface area contributed by atoms with Crippen LogP contribution in [0, 0.1) is 0 Å². The summed E-state index contributed by atoms with van der Waals surface area (Å²) in [5.41, 5.74) is 1.17. The maximum Gasteiger partial charge on any atom is 0.327 e. The van der Waals surface area contributed by atoms with E-state index in [4.69, 9.17) is 0 Å². The minimum Gasteiger partial charge on any atom is -0.294 e. The Kier molecular flexibility index (Phi) is 7.09. The predicted molar refractivity (Wildman–Crippen MR) is 149 cm³/mol. The van der Waals surface area contributed by atoms with Crippen molar-refractivity contribution in [2.45, 2.75) is 36.3 Å². The van der Waals surface area contributed by atoms with Crippen molar-refractivity contribution in [1.29, 1.82) is 0 Å². The topological polar surface area (TPSA) is 85.3 Å². The number of carbonyl (C=O) groups excluding carboxylic acids is 1. The van der Waals surface area contributed by atoms with Crippen molar-refractivity contribution in [3.63, 3.8) is 0 Å². The minimum atomic E-state index is -5.15. The van der Waals surface area contributed by atoms with Gasteiger partial charge in [-0.3, -0.25) is 4.79 Å². The summed E-state index contributed by atoms with van der Waals surface area (Å²) in [5.74, 6) is -1.96. The van der Waals surface area contributed by atoms with Gasteiger partial charge in [0.25, 0.3) is 0 Å². The monoisotopic (exact) mass is 578 g/mol. The van der Waals surface area contributed by atoms with Crippen LogP contribution in [0.1, 0.15) is 27.4 Å². The van der Waals surface area contributed by atoms with Crippen LogP contribution in [0.25, 0.3) is 0 Å². The first-order valence-corrected chi connectivity index (χ1v) is 15.7. The van der Waals surface area contributed by atoms with Crippen LogP contribution in [0.5, 0.6) is 0 Å². The summed E-state index contributed by atoms with van der Waals surface area (Å²) in [4.78, 5) is 13.6. The first kappa shape index (κ1) is 27.1. The molecule has 5 rings (SSSR count). The van der Waals surface area contributed by atoms with Gasteiger partial charge in [-0.2, -0.15) is 0 Å². The Labute approximate surface area is 231 Å². The quantitative estimate of drug-likeness (QED) is 0.235. The molecular formula is C30H23FO5S3. The van der Waals surface area contributed by atoms with Crippen LogP contribution in [-0.2, 0) is 26.1 Å². The molecule has 0 N–H and O–H groups in total. The van der Waals surface area contributed by atoms with Gasteiger partial charge in [-0.1, -0.05) is 84.6 Å². The average Bonchev–Trinajstić information content (AvgIpc) is 3.09. The molecule has 0 unspecified atom stereocenters. The number of carbonyl (C=O) groups is 1. The van der Waals surface area contributed by atoms with Crippen molar-refractivity contribution in [2.24, 2.45) is 0 Å². The lowest BCUT2D eigenvalue weighted by atomic mass is 9.95. The van der Waals surface area contributed by atoms with E-state index in [0.717, 1.165) is 40.1 Å². The molecule has 1 aliphatic rings. The third kappa shape index (κ3) is 4.44. The van der Waals surface area contributed by atoms with Crippen molar-refractivity contribution in [3.8, 4) is 0 Å². The number of rotatable bonds is 7. The van der Waals surface area contributed by atoms with Gasteiger partial charge in [0.15, 0.2) is 5.78 Å². The molecule has 0 fully saturated rings. The standard InChI is InChI=1S/C30H23FO5S3/c1-2-26(21-17-18-28-22(19-21)20-27(32)25-15-9-10-16-29(25)37-28)30(31,38(33,34)23-11-5-3-6-12-23)39(35,36)24-13-7-4-8-14-24/h2-19,26H,1,20H2/t26-/m0/s1. The largest absolute Gasteiger partial charge is 0.327 e. The highest BCUT2D eigenvalue weighted by Gasteiger charge is 2.62. The molecule has 5 nitrogen and oxygen atoms in total. The van der Waals surface area contributed by atoms with Crippen LogP contribution in [0.4, 0.5) is 4.39 Å². The van der Waals surface area contributed by atoms with Gasteiger partial charge in [-0.15, -0.1) is 6.58 Å². The van der Waals surface area contributed by atoms with Crippen LogP contribution in [0.3, 0.4) is 0 Å². The summed E-state index contributed by atoms with van der Waals surface area (Å²) in [7, 11) is -10.3. The van der Waals surface area contributed by atoms with Gasteiger partial charge >= 0.3 is 4.33 Å². The molecule has 0 bridgehead atoms. The third-order valence-electron chi connectivity index (χ3n) is 6.65. The molecular weight excluding hydrogens is 556 g/mol. The van der Waals surface area contributed by atoms with Gasteiger partial charge in [0.2, 0.25) is 19.7 Å². The fourth-order valence-electron chi connectivity index (χ4n) is 4.68. The van der Waals surface area contributed by atoms with Crippen molar-refractivity contribution in [2.75, 3.05) is 0 Å². The van der Waals surface area contributed by atoms with E-state index < -0.39 is 39.7 Å². The number of Topliss-reactive ketones (excluding diaryl/α,β-unsaturated/α-hetero) is 1. The van der Waals surface area contributed by atoms with Gasteiger partial charge in [0.1, 0.15) is 0 Å². The fraction of sp³-hybridized carbons (Fsp3) is 0.100. The Morgan fingerprint density at radius 1 is 0.769 bits per heavy atom. The SMILES string of the molecule is C=C[C@@H](c1ccc2c(c1)CC(=O)c1ccccc1S2)C(F)(S(=O)(=O)c1ccccc1)S(=O)(=O)c1ccccc1. The molecule has 0 amide bonds. The van der Waals surface area contributed by atoms with Crippen molar-refractivity contribution in [1.82, 2.24) is 0 Å². The van der Waals surface area contributed by atoms with Crippen LogP contribution in [-0.4, -0.2) is 27.0 Å². The maximum atomic E-state index is 17.6. The Morgan fingerprint density at radius 3 is 1.87 bits per heavy atom. The zero-order valence-corrected chi connectivity index (χ0v) is 23.0. The van der Waals surface area contributed by atoms with E-state index in [0.29, 0.717) is 11.1 Å². The van der Waals surface area contributed by atoms with Crippen LogP contribution >= 0.6 is 11.8 Å². The molecule has 1 heterocycles. The van der Waals surface area contributed by atoms with Crippen molar-refractivity contribution in [3.05, 3.63) is 132 Å². The number of allylic oxidation sites excluding steroid dienone is 1. The Hall–Kier alpha value is -3.53. The number of benzene rings is 4. The van der Waals surface area contributed by atoms with Crippen LogP contribution in [0.2, 0.25) is 0 Å². The summed E-state index contributed by atoms with van der Waals surface area (Å²) in [6, 6.07) is 25.2. The molecule has 0 saturated carbocycles. The number of fused-ring (bicyclic) bond motifs is 2. The molecule has 1 aliphatic heterocycles. The second-order valence-electron chi connectivity index (χ2n) is 8.99. The smallest absolute Gasteiger partial charge is 0.294 e. The second-order valence-corrected chi connectivity index (χ2v) is 14.5. The average molecular weight is 579 g/mol. The molecule has 9 heteroatoms. The summed E-state index contributed by atoms with van der Waals surface area (Å²) in [5, 5.41) is 0. The van der Waals surface area contributed by atoms with Crippen molar-refractivity contribution >= 4 is 37.2 Å². The summed E-state index contributed by atoms with van der Waals surface area (Å²) in [6.07, 6.45) is 0.996. The molecule has 0 aliphatic carbocycles. The fourth-order valence-corrected chi connectivity index (χ4v) is 10.3. The molecule has 0 aromatic heterocycles. The highest BCUT2D eigenvalue weighted by molar-refractivity contribution is 8.10. The van der Waals surface area contributed by atoms with E-state index in [-0.39, 0.29) is 17.8 Å². The van der Waals surface area contributed by atoms with E-state index in [1.165, 1.54) is 48.2 Å². The Bertz CT molecular complexity index is 1720. The molecule has 4 aromatic carbocycles. The maximum absolute atomic E-state index is 17.6. The molecule has 198 valence electrons. The van der Waals surface area contributed by atoms with E-state index in [1.54, 1.807) is 30.3 Å². The van der Waals surface area contributed by atoms with Gasteiger partial charge in [-0.05, 0) is 47.5 Å². The number of alkyl halides is 1. The third-order valence-corrected chi connectivity index (χ3v) is 12.9. The lowest BCUT2D eigenvalue weighted by Crippen LogP contribution is -2.47. The Balaban J connectivity index is 1.71. The molecule has 0 radical (unpaired) electrons. The summed E-state index contributed by atoms with van der Waals surface area (Å²) >= 11 is 1.37. The highest BCUT2D eigenvalue weighted by atomic mass is 32.3. The number of sulfone groups is 2. The summed E-state index contributed by atoms with van der Waals surface area (Å²) < 4.78 is 69.4. The van der Waals surface area contributed by atoms with Crippen LogP contribution < -0.4 is 0 Å². The number of hydrogen-bond donors (Lipinski definition) is 0. The van der Waals surface area contributed by atoms with Gasteiger partial charge in [0.05, 0.1) is 15.7 Å². The lowest BCUT2D eigenvalue weighted by molar-refractivity contribution is 0.0990. The summed E-state index contributed by atoms with van der Waals surface area (Å²) in [6.45, 7) is 3.65. The van der Waals surface area contributed by atoms with E-state index in [2.05, 4.69) is 6.58 Å². The first-order chi connectivity index (χ1) is 18.6. The van der Waals surface area contributed by atoms with Gasteiger partial charge in [0, 0.05) is 21.8 Å². The molecule has 4 aromatic rings. The molecule has 1 atom stereocenters. The lowest BCUT2D eigenvalue weighted by Gasteiger charge is -2.32. The number of ketones is 1. The van der Waals surface area contributed by atoms with Crippen molar-refractivity contribution < 1.29 is 26.0 Å². The number of hydrogen-bond acceptors (Lipinski definition) is 6. The normalized spacial score (nSPS) is 14.5. The van der Waals surface area contributed by atoms with Crippen LogP contribution in [0.15, 0.2) is 135 Å². The molecule has 0 spiro atoms. The first-order valence-electron chi connectivity index (χ1n) is 11.9. The van der Waals surface area contributed by atoms with Gasteiger partial charge in [-0.25, -0.2) is 21.2 Å². The second kappa shape index (κ2) is 10.2. The van der Waals surface area contributed by atoms with E-state index in [9.17, 15) is 21.6 Å².